The standard InChI is InChI=1S/C26H33NO5/c1-25(2,29)26(3)16-27(24(28)31-5)15-21(26)19-10-11-22(30-4)23(14-19)32-20-12-17-8-6-7-9-18(17)13-20/h6-11,14,20-21,29H,12-13,15-16H2,1-5H3/t21-,26+/m0/s1. The second-order valence-electron chi connectivity index (χ2n) is 9.71. The molecule has 6 heteroatoms. The van der Waals surface area contributed by atoms with Gasteiger partial charge < -0.3 is 24.2 Å². The topological polar surface area (TPSA) is 68.2 Å². The molecular weight excluding hydrogens is 406 g/mol. The Morgan fingerprint density at radius 2 is 1.75 bits per heavy atom. The van der Waals surface area contributed by atoms with E-state index in [2.05, 4.69) is 24.3 Å². The molecule has 2 aromatic carbocycles. The number of aliphatic hydroxyl groups is 1. The molecule has 6 nitrogen and oxygen atoms in total. The van der Waals surface area contributed by atoms with Crippen molar-refractivity contribution in [1.82, 2.24) is 4.90 Å². The maximum atomic E-state index is 12.3. The summed E-state index contributed by atoms with van der Waals surface area (Å²) in [7, 11) is 3.02. The Hall–Kier alpha value is -2.73. The highest BCUT2D eigenvalue weighted by Gasteiger charge is 2.53. The zero-order valence-electron chi connectivity index (χ0n) is 19.6. The Morgan fingerprint density at radius 3 is 2.31 bits per heavy atom. The third-order valence-electron chi connectivity index (χ3n) is 7.42. The van der Waals surface area contributed by atoms with Crippen LogP contribution in [0.1, 0.15) is 43.4 Å². The predicted molar refractivity (Wildman–Crippen MR) is 122 cm³/mol. The van der Waals surface area contributed by atoms with Gasteiger partial charge in [-0.3, -0.25) is 0 Å². The van der Waals surface area contributed by atoms with E-state index in [1.807, 2.05) is 25.1 Å². The van der Waals surface area contributed by atoms with Crippen LogP contribution in [0.5, 0.6) is 11.5 Å². The van der Waals surface area contributed by atoms with Crippen molar-refractivity contribution in [2.45, 2.75) is 51.2 Å². The lowest BCUT2D eigenvalue weighted by atomic mass is 9.66. The minimum absolute atomic E-state index is 0.0485. The predicted octanol–water partition coefficient (Wildman–Crippen LogP) is 4.18. The van der Waals surface area contributed by atoms with Crippen molar-refractivity contribution in [2.75, 3.05) is 27.3 Å². The van der Waals surface area contributed by atoms with E-state index in [0.29, 0.717) is 24.6 Å². The van der Waals surface area contributed by atoms with Gasteiger partial charge in [-0.2, -0.15) is 0 Å². The number of likely N-dealkylation sites (tertiary alicyclic amines) is 1. The van der Waals surface area contributed by atoms with Crippen LogP contribution in [0.15, 0.2) is 42.5 Å². The first-order chi connectivity index (χ1) is 15.2. The fraction of sp³-hybridized carbons (Fsp3) is 0.500. The highest BCUT2D eigenvalue weighted by atomic mass is 16.5. The van der Waals surface area contributed by atoms with Gasteiger partial charge >= 0.3 is 6.09 Å². The molecule has 1 heterocycles. The first-order valence-corrected chi connectivity index (χ1v) is 11.1. The molecule has 2 atom stereocenters. The van der Waals surface area contributed by atoms with Crippen molar-refractivity contribution < 1.29 is 24.1 Å². The van der Waals surface area contributed by atoms with Gasteiger partial charge in [-0.15, -0.1) is 0 Å². The quantitative estimate of drug-likeness (QED) is 0.757. The van der Waals surface area contributed by atoms with E-state index < -0.39 is 11.0 Å². The minimum atomic E-state index is -1.01. The Balaban J connectivity index is 1.64. The van der Waals surface area contributed by atoms with Crippen LogP contribution in [-0.2, 0) is 17.6 Å². The average Bonchev–Trinajstić information content (AvgIpc) is 3.34. The van der Waals surface area contributed by atoms with Gasteiger partial charge in [0.25, 0.3) is 0 Å². The molecular formula is C26H33NO5. The van der Waals surface area contributed by atoms with E-state index in [1.54, 1.807) is 25.9 Å². The monoisotopic (exact) mass is 439 g/mol. The number of benzene rings is 2. The van der Waals surface area contributed by atoms with Gasteiger partial charge in [0, 0.05) is 37.3 Å². The molecule has 0 spiro atoms. The van der Waals surface area contributed by atoms with Crippen LogP contribution < -0.4 is 9.47 Å². The summed E-state index contributed by atoms with van der Waals surface area (Å²) in [5, 5.41) is 11.0. The summed E-state index contributed by atoms with van der Waals surface area (Å²) in [6, 6.07) is 14.4. The van der Waals surface area contributed by atoms with Crippen molar-refractivity contribution in [1.29, 1.82) is 0 Å². The first kappa shape index (κ1) is 22.5. The van der Waals surface area contributed by atoms with Crippen LogP contribution in [0.2, 0.25) is 0 Å². The Morgan fingerprint density at radius 1 is 1.09 bits per heavy atom. The zero-order valence-corrected chi connectivity index (χ0v) is 19.6. The van der Waals surface area contributed by atoms with Gasteiger partial charge in [0.1, 0.15) is 6.10 Å². The maximum absolute atomic E-state index is 12.3. The van der Waals surface area contributed by atoms with E-state index >= 15 is 0 Å². The van der Waals surface area contributed by atoms with Gasteiger partial charge in [0.15, 0.2) is 11.5 Å². The number of nitrogens with zero attached hydrogens (tertiary/aromatic N) is 1. The summed E-state index contributed by atoms with van der Waals surface area (Å²) >= 11 is 0. The Bertz CT molecular complexity index is 973. The molecule has 0 bridgehead atoms. The zero-order chi connectivity index (χ0) is 23.1. The number of rotatable bonds is 5. The average molecular weight is 440 g/mol. The van der Waals surface area contributed by atoms with Gasteiger partial charge in [0.2, 0.25) is 0 Å². The van der Waals surface area contributed by atoms with Gasteiger partial charge in [-0.25, -0.2) is 4.79 Å². The molecule has 0 unspecified atom stereocenters. The Labute approximate surface area is 190 Å². The molecule has 2 aromatic rings. The van der Waals surface area contributed by atoms with Crippen LogP contribution in [0.3, 0.4) is 0 Å². The van der Waals surface area contributed by atoms with Crippen molar-refractivity contribution in [3.8, 4) is 11.5 Å². The van der Waals surface area contributed by atoms with Crippen LogP contribution in [0.25, 0.3) is 0 Å². The highest BCUT2D eigenvalue weighted by Crippen LogP contribution is 2.50. The molecule has 1 N–H and O–H groups in total. The van der Waals surface area contributed by atoms with Gasteiger partial charge in [-0.05, 0) is 42.7 Å². The van der Waals surface area contributed by atoms with E-state index in [1.165, 1.54) is 18.2 Å². The summed E-state index contributed by atoms with van der Waals surface area (Å²) < 4.78 is 17.0. The molecule has 1 saturated heterocycles. The molecule has 0 aromatic heterocycles. The van der Waals surface area contributed by atoms with E-state index in [0.717, 1.165) is 18.4 Å². The summed E-state index contributed by atoms with van der Waals surface area (Å²) in [5.74, 6) is 1.28. The summed E-state index contributed by atoms with van der Waals surface area (Å²) in [6.07, 6.45) is 1.40. The molecule has 1 amide bonds. The maximum Gasteiger partial charge on any atom is 0.409 e. The molecule has 172 valence electrons. The van der Waals surface area contributed by atoms with Crippen molar-refractivity contribution in [3.05, 3.63) is 59.2 Å². The first-order valence-electron chi connectivity index (χ1n) is 11.1. The van der Waals surface area contributed by atoms with Crippen molar-refractivity contribution in [3.63, 3.8) is 0 Å². The van der Waals surface area contributed by atoms with Gasteiger partial charge in [0.05, 0.1) is 19.8 Å². The number of carbonyl (C=O) groups excluding carboxylic acids is 1. The molecule has 2 aliphatic rings. The number of hydrogen-bond donors (Lipinski definition) is 1. The minimum Gasteiger partial charge on any atom is -0.493 e. The second-order valence-corrected chi connectivity index (χ2v) is 9.71. The lowest BCUT2D eigenvalue weighted by Gasteiger charge is -2.41. The smallest absolute Gasteiger partial charge is 0.409 e. The number of amides is 1. The largest absolute Gasteiger partial charge is 0.493 e. The molecule has 0 radical (unpaired) electrons. The second kappa shape index (κ2) is 8.32. The van der Waals surface area contributed by atoms with Crippen molar-refractivity contribution in [2.24, 2.45) is 5.41 Å². The normalized spacial score (nSPS) is 23.2. The molecule has 1 fully saturated rings. The summed E-state index contributed by atoms with van der Waals surface area (Å²) in [5.41, 5.74) is 2.09. The molecule has 0 saturated carbocycles. The lowest BCUT2D eigenvalue weighted by molar-refractivity contribution is -0.0468. The fourth-order valence-corrected chi connectivity index (χ4v) is 5.14. The summed E-state index contributed by atoms with van der Waals surface area (Å²) in [4.78, 5) is 14.0. The van der Waals surface area contributed by atoms with Crippen LogP contribution in [0, 0.1) is 5.41 Å². The van der Waals surface area contributed by atoms with Crippen LogP contribution in [0.4, 0.5) is 4.79 Å². The van der Waals surface area contributed by atoms with Gasteiger partial charge in [-0.1, -0.05) is 37.3 Å². The molecule has 1 aliphatic carbocycles. The van der Waals surface area contributed by atoms with Crippen molar-refractivity contribution >= 4 is 6.09 Å². The number of fused-ring (bicyclic) bond motifs is 1. The number of hydrogen-bond acceptors (Lipinski definition) is 5. The van der Waals surface area contributed by atoms with Crippen LogP contribution in [-0.4, -0.2) is 55.1 Å². The number of methoxy groups -OCH3 is 2. The molecule has 4 rings (SSSR count). The molecule has 1 aliphatic heterocycles. The summed E-state index contributed by atoms with van der Waals surface area (Å²) in [6.45, 7) is 6.51. The number of carbonyl (C=O) groups is 1. The Kier molecular flexibility index (Phi) is 5.84. The third-order valence-corrected chi connectivity index (χ3v) is 7.42. The van der Waals surface area contributed by atoms with E-state index in [9.17, 15) is 9.90 Å². The SMILES string of the molecule is COC(=O)N1C[C@@H](c2ccc(OC)c(OC3Cc4ccccc4C3)c2)[C@](C)(C(C)(C)O)C1. The fourth-order valence-electron chi connectivity index (χ4n) is 5.14. The highest BCUT2D eigenvalue weighted by molar-refractivity contribution is 5.68. The number of ether oxygens (including phenoxy) is 3. The van der Waals surface area contributed by atoms with E-state index in [-0.39, 0.29) is 18.1 Å². The molecule has 32 heavy (non-hydrogen) atoms. The third kappa shape index (κ3) is 3.92. The van der Waals surface area contributed by atoms with E-state index in [4.69, 9.17) is 14.2 Å². The lowest BCUT2D eigenvalue weighted by Crippen LogP contribution is -2.46. The van der Waals surface area contributed by atoms with Crippen LogP contribution >= 0.6 is 0 Å².